The van der Waals surface area contributed by atoms with E-state index in [0.717, 1.165) is 25.3 Å². The molecule has 0 spiro atoms. The molecular weight excluding hydrogens is 226 g/mol. The molecule has 1 amide bonds. The molecule has 4 heteroatoms. The van der Waals surface area contributed by atoms with Gasteiger partial charge in [-0.3, -0.25) is 4.79 Å². The van der Waals surface area contributed by atoms with Crippen LogP contribution in [0.1, 0.15) is 18.4 Å². The molecule has 1 heterocycles. The molecule has 1 aromatic carbocycles. The molecule has 3 rings (SSSR count). The average molecular weight is 245 g/mol. The van der Waals surface area contributed by atoms with Gasteiger partial charge in [-0.15, -0.1) is 0 Å². The Morgan fingerprint density at radius 1 is 1.28 bits per heavy atom. The number of carbonyl (C=O) groups is 1. The van der Waals surface area contributed by atoms with E-state index in [1.807, 2.05) is 0 Å². The fraction of sp³-hybridized carbons (Fsp3) is 0.500. The highest BCUT2D eigenvalue weighted by atomic mass is 16.2. The summed E-state index contributed by atoms with van der Waals surface area (Å²) in [6.07, 6.45) is 2.41. The zero-order valence-corrected chi connectivity index (χ0v) is 10.5. The molecular formula is C14H19N3O. The van der Waals surface area contributed by atoms with Crippen molar-refractivity contribution in [3.05, 3.63) is 29.8 Å². The molecule has 1 aliphatic heterocycles. The number of hydrogen-bond acceptors (Lipinski definition) is 3. The molecule has 4 nitrogen and oxygen atoms in total. The van der Waals surface area contributed by atoms with Crippen LogP contribution in [0, 0.1) is 0 Å². The minimum absolute atomic E-state index is 0.103. The maximum Gasteiger partial charge on any atom is 0.239 e. The Morgan fingerprint density at radius 2 is 2.00 bits per heavy atom. The Balaban J connectivity index is 1.76. The maximum absolute atomic E-state index is 11.4. The Labute approximate surface area is 107 Å². The van der Waals surface area contributed by atoms with Crippen LogP contribution < -0.4 is 16.0 Å². The Hall–Kier alpha value is -1.55. The minimum atomic E-state index is 0.103. The van der Waals surface area contributed by atoms with Gasteiger partial charge >= 0.3 is 0 Å². The van der Waals surface area contributed by atoms with Gasteiger partial charge < -0.3 is 16.0 Å². The fourth-order valence-electron chi connectivity index (χ4n) is 2.65. The second-order valence-electron chi connectivity index (χ2n) is 5.30. The van der Waals surface area contributed by atoms with Crippen LogP contribution in [0.4, 0.5) is 5.69 Å². The molecule has 96 valence electrons. The van der Waals surface area contributed by atoms with Gasteiger partial charge in [-0.25, -0.2) is 0 Å². The van der Waals surface area contributed by atoms with Crippen molar-refractivity contribution < 1.29 is 4.79 Å². The normalized spacial score (nSPS) is 21.6. The van der Waals surface area contributed by atoms with Crippen molar-refractivity contribution in [1.82, 2.24) is 5.32 Å². The first kappa shape index (κ1) is 11.5. The zero-order valence-electron chi connectivity index (χ0n) is 10.5. The Bertz CT molecular complexity index is 451. The summed E-state index contributed by atoms with van der Waals surface area (Å²) < 4.78 is 0. The van der Waals surface area contributed by atoms with Crippen LogP contribution in [0.5, 0.6) is 0 Å². The van der Waals surface area contributed by atoms with Crippen LogP contribution >= 0.6 is 0 Å². The molecule has 0 radical (unpaired) electrons. The molecule has 3 N–H and O–H groups in total. The van der Waals surface area contributed by atoms with Crippen molar-refractivity contribution in [2.45, 2.75) is 18.3 Å². The molecule has 0 bridgehead atoms. The number of nitrogens with two attached hydrogens (primary N) is 1. The smallest absolute Gasteiger partial charge is 0.239 e. The van der Waals surface area contributed by atoms with Crippen LogP contribution in [0.3, 0.4) is 0 Å². The van der Waals surface area contributed by atoms with Gasteiger partial charge in [0.25, 0.3) is 0 Å². The summed E-state index contributed by atoms with van der Waals surface area (Å²) >= 11 is 0. The second-order valence-corrected chi connectivity index (χ2v) is 5.30. The first-order valence-electron chi connectivity index (χ1n) is 6.56. The number of anilines is 1. The number of amides is 1. The molecule has 0 unspecified atom stereocenters. The lowest BCUT2D eigenvalue weighted by molar-refractivity contribution is -0.120. The lowest BCUT2D eigenvalue weighted by Crippen LogP contribution is -2.47. The second kappa shape index (κ2) is 4.28. The van der Waals surface area contributed by atoms with Crippen molar-refractivity contribution >= 4 is 11.6 Å². The molecule has 0 aromatic heterocycles. The van der Waals surface area contributed by atoms with Crippen LogP contribution in [-0.2, 0) is 10.2 Å². The Kier molecular flexibility index (Phi) is 2.74. The van der Waals surface area contributed by atoms with E-state index in [2.05, 4.69) is 34.5 Å². The maximum atomic E-state index is 11.4. The van der Waals surface area contributed by atoms with Gasteiger partial charge in [0.15, 0.2) is 0 Å². The van der Waals surface area contributed by atoms with Crippen molar-refractivity contribution in [3.8, 4) is 0 Å². The van der Waals surface area contributed by atoms with Gasteiger partial charge in [0.05, 0.1) is 6.54 Å². The van der Waals surface area contributed by atoms with E-state index in [-0.39, 0.29) is 11.3 Å². The Morgan fingerprint density at radius 3 is 2.56 bits per heavy atom. The highest BCUT2D eigenvalue weighted by Gasteiger charge is 2.42. The van der Waals surface area contributed by atoms with E-state index in [4.69, 9.17) is 5.73 Å². The SMILES string of the molecule is NCC1(c2ccc(N3CCNC(=O)C3)cc2)CC1. The van der Waals surface area contributed by atoms with Crippen molar-refractivity contribution in [2.24, 2.45) is 5.73 Å². The molecule has 1 saturated carbocycles. The van der Waals surface area contributed by atoms with Crippen LogP contribution in [0.15, 0.2) is 24.3 Å². The first-order valence-corrected chi connectivity index (χ1v) is 6.56. The summed E-state index contributed by atoms with van der Waals surface area (Å²) in [4.78, 5) is 13.5. The lowest BCUT2D eigenvalue weighted by atomic mass is 9.96. The lowest BCUT2D eigenvalue weighted by Gasteiger charge is -2.29. The molecule has 18 heavy (non-hydrogen) atoms. The minimum Gasteiger partial charge on any atom is -0.360 e. The summed E-state index contributed by atoms with van der Waals surface area (Å²) in [6, 6.07) is 8.57. The standard InChI is InChI=1S/C14H19N3O/c15-10-14(5-6-14)11-1-3-12(4-2-11)17-8-7-16-13(18)9-17/h1-4H,5-10,15H2,(H,16,18). The molecule has 2 aliphatic rings. The predicted molar refractivity (Wildman–Crippen MR) is 71.6 cm³/mol. The highest BCUT2D eigenvalue weighted by Crippen LogP contribution is 2.47. The first-order chi connectivity index (χ1) is 8.73. The summed E-state index contributed by atoms with van der Waals surface area (Å²) in [6.45, 7) is 2.81. The van der Waals surface area contributed by atoms with Crippen LogP contribution in [0.2, 0.25) is 0 Å². The van der Waals surface area contributed by atoms with Crippen LogP contribution in [0.25, 0.3) is 0 Å². The van der Waals surface area contributed by atoms with E-state index >= 15 is 0 Å². The number of hydrogen-bond donors (Lipinski definition) is 2. The number of benzene rings is 1. The fourth-order valence-corrected chi connectivity index (χ4v) is 2.65. The van der Waals surface area contributed by atoms with Crippen molar-refractivity contribution in [1.29, 1.82) is 0 Å². The average Bonchev–Trinajstić information content (AvgIpc) is 3.20. The number of nitrogens with one attached hydrogen (secondary N) is 1. The topological polar surface area (TPSA) is 58.4 Å². The monoisotopic (exact) mass is 245 g/mol. The van der Waals surface area contributed by atoms with Crippen molar-refractivity contribution in [2.75, 3.05) is 31.1 Å². The summed E-state index contributed by atoms with van der Waals surface area (Å²) in [5, 5.41) is 2.84. The summed E-state index contributed by atoms with van der Waals surface area (Å²) in [5.41, 5.74) is 8.55. The van der Waals surface area contributed by atoms with Crippen molar-refractivity contribution in [3.63, 3.8) is 0 Å². The highest BCUT2D eigenvalue weighted by molar-refractivity contribution is 5.82. The summed E-state index contributed by atoms with van der Waals surface area (Å²) in [7, 11) is 0. The van der Waals surface area contributed by atoms with E-state index in [9.17, 15) is 4.79 Å². The third kappa shape index (κ3) is 1.97. The third-order valence-corrected chi connectivity index (χ3v) is 4.13. The van der Waals surface area contributed by atoms with Gasteiger partial charge in [-0.1, -0.05) is 12.1 Å². The van der Waals surface area contributed by atoms with E-state index in [1.165, 1.54) is 18.4 Å². The van der Waals surface area contributed by atoms with Gasteiger partial charge in [0, 0.05) is 30.7 Å². The molecule has 1 aliphatic carbocycles. The number of piperazine rings is 1. The third-order valence-electron chi connectivity index (χ3n) is 4.13. The predicted octanol–water partition coefficient (Wildman–Crippen LogP) is 0.613. The number of rotatable bonds is 3. The van der Waals surface area contributed by atoms with Gasteiger partial charge in [0.2, 0.25) is 5.91 Å². The van der Waals surface area contributed by atoms with Gasteiger partial charge in [-0.2, -0.15) is 0 Å². The van der Waals surface area contributed by atoms with E-state index in [1.54, 1.807) is 0 Å². The molecule has 2 fully saturated rings. The zero-order chi connectivity index (χ0) is 12.6. The quantitative estimate of drug-likeness (QED) is 0.820. The molecule has 1 saturated heterocycles. The largest absolute Gasteiger partial charge is 0.360 e. The number of carbonyl (C=O) groups excluding carboxylic acids is 1. The molecule has 0 atom stereocenters. The van der Waals surface area contributed by atoms with E-state index in [0.29, 0.717) is 6.54 Å². The van der Waals surface area contributed by atoms with E-state index < -0.39 is 0 Å². The van der Waals surface area contributed by atoms with Crippen LogP contribution in [-0.4, -0.2) is 32.1 Å². The van der Waals surface area contributed by atoms with Gasteiger partial charge in [-0.05, 0) is 30.5 Å². The van der Waals surface area contributed by atoms with Gasteiger partial charge in [0.1, 0.15) is 0 Å². The molecule has 1 aromatic rings. The summed E-state index contributed by atoms with van der Waals surface area (Å²) in [5.74, 6) is 0.103. The number of nitrogens with zero attached hydrogens (tertiary/aromatic N) is 1.